The van der Waals surface area contributed by atoms with E-state index in [0.29, 0.717) is 12.5 Å². The van der Waals surface area contributed by atoms with Crippen molar-refractivity contribution in [2.24, 2.45) is 7.05 Å². The summed E-state index contributed by atoms with van der Waals surface area (Å²) >= 11 is 0. The first-order chi connectivity index (χ1) is 15.6. The average Bonchev–Trinajstić information content (AvgIpc) is 3.51. The molecule has 1 aromatic carbocycles. The molecular weight excluding hydrogens is 400 g/mol. The van der Waals surface area contributed by atoms with Gasteiger partial charge in [-0.15, -0.1) is 0 Å². The van der Waals surface area contributed by atoms with Crippen LogP contribution in [-0.4, -0.2) is 44.9 Å². The molecule has 0 atom stereocenters. The second-order valence-corrected chi connectivity index (χ2v) is 8.51. The van der Waals surface area contributed by atoms with Crippen LogP contribution in [0.3, 0.4) is 0 Å². The Kier molecular flexibility index (Phi) is 5.47. The van der Waals surface area contributed by atoms with Gasteiger partial charge in [0.2, 0.25) is 0 Å². The van der Waals surface area contributed by atoms with Crippen molar-refractivity contribution >= 4 is 16.7 Å². The van der Waals surface area contributed by atoms with Crippen molar-refractivity contribution < 1.29 is 4.74 Å². The molecule has 0 amide bonds. The number of ether oxygens (including phenoxy) is 1. The van der Waals surface area contributed by atoms with E-state index in [0.717, 1.165) is 45.0 Å². The largest absolute Gasteiger partial charge is 0.496 e. The Bertz CT molecular complexity index is 1240. The van der Waals surface area contributed by atoms with Gasteiger partial charge in [-0.1, -0.05) is 25.0 Å². The van der Waals surface area contributed by atoms with Crippen molar-refractivity contribution in [2.45, 2.75) is 38.1 Å². The van der Waals surface area contributed by atoms with Crippen molar-refractivity contribution in [3.05, 3.63) is 60.4 Å². The Morgan fingerprint density at radius 3 is 2.69 bits per heavy atom. The first-order valence-electron chi connectivity index (χ1n) is 11.1. The number of nitrogens with zero attached hydrogens (tertiary/aromatic N) is 6. The molecule has 7 nitrogen and oxygen atoms in total. The Hall–Kier alpha value is -3.48. The number of fused-ring (bicyclic) bond motifs is 1. The van der Waals surface area contributed by atoms with Crippen LogP contribution in [0.4, 0.5) is 5.82 Å². The van der Waals surface area contributed by atoms with Gasteiger partial charge in [0.1, 0.15) is 17.1 Å². The fourth-order valence-electron chi connectivity index (χ4n) is 4.60. The summed E-state index contributed by atoms with van der Waals surface area (Å²) in [5.41, 5.74) is 4.10. The molecule has 0 N–H and O–H groups in total. The van der Waals surface area contributed by atoms with Gasteiger partial charge in [-0.3, -0.25) is 4.68 Å². The van der Waals surface area contributed by atoms with Crippen LogP contribution in [0.1, 0.15) is 37.1 Å². The molecule has 1 saturated carbocycles. The molecule has 0 aliphatic heterocycles. The van der Waals surface area contributed by atoms with E-state index in [1.807, 2.05) is 44.0 Å². The van der Waals surface area contributed by atoms with Gasteiger partial charge in [0, 0.05) is 61.7 Å². The third-order valence-corrected chi connectivity index (χ3v) is 6.41. The predicted octanol–water partition coefficient (Wildman–Crippen LogP) is 4.40. The lowest BCUT2D eigenvalue weighted by Crippen LogP contribution is -2.29. The third-order valence-electron chi connectivity index (χ3n) is 6.41. The highest BCUT2D eigenvalue weighted by Gasteiger charge is 2.22. The molecule has 7 heteroatoms. The highest BCUT2D eigenvalue weighted by Crippen LogP contribution is 2.31. The Morgan fingerprint density at radius 1 is 1.09 bits per heavy atom. The van der Waals surface area contributed by atoms with Crippen molar-refractivity contribution in [3.8, 4) is 16.9 Å². The first kappa shape index (κ1) is 20.4. The molecule has 0 spiro atoms. The Morgan fingerprint density at radius 2 is 1.94 bits per heavy atom. The standard InChI is InChI=1S/C25H28N6O/c1-30-16-20(15-28-30)17-8-9-18(22(12-17)32-3)13-23-27-14-19-10-11-26-25(24(19)29-23)31(2)21-6-4-5-7-21/h8-12,14-16,21H,4-7,13H2,1-3H3. The van der Waals surface area contributed by atoms with Gasteiger partial charge >= 0.3 is 0 Å². The monoisotopic (exact) mass is 428 g/mol. The van der Waals surface area contributed by atoms with E-state index in [1.165, 1.54) is 25.7 Å². The minimum Gasteiger partial charge on any atom is -0.496 e. The zero-order chi connectivity index (χ0) is 22.1. The molecular formula is C25H28N6O. The zero-order valence-corrected chi connectivity index (χ0v) is 18.8. The lowest BCUT2D eigenvalue weighted by molar-refractivity contribution is 0.410. The second-order valence-electron chi connectivity index (χ2n) is 8.51. The molecule has 4 aromatic rings. The molecule has 164 valence electrons. The summed E-state index contributed by atoms with van der Waals surface area (Å²) in [6.45, 7) is 0. The van der Waals surface area contributed by atoms with Crippen LogP contribution in [0.15, 0.2) is 49.1 Å². The molecule has 3 aromatic heterocycles. The number of hydrogen-bond acceptors (Lipinski definition) is 6. The van der Waals surface area contributed by atoms with E-state index in [9.17, 15) is 0 Å². The lowest BCUT2D eigenvalue weighted by atomic mass is 10.0. The summed E-state index contributed by atoms with van der Waals surface area (Å²) in [5, 5.41) is 5.28. The maximum absolute atomic E-state index is 5.70. The highest BCUT2D eigenvalue weighted by atomic mass is 16.5. The van der Waals surface area contributed by atoms with Crippen LogP contribution >= 0.6 is 0 Å². The SMILES string of the molecule is COc1cc(-c2cnn(C)c2)ccc1Cc1ncc2ccnc(N(C)C3CCCC3)c2n1. The molecule has 0 radical (unpaired) electrons. The number of pyridine rings is 1. The van der Waals surface area contributed by atoms with E-state index in [2.05, 4.69) is 39.1 Å². The fourth-order valence-corrected chi connectivity index (χ4v) is 4.60. The van der Waals surface area contributed by atoms with Gasteiger partial charge in [-0.05, 0) is 30.5 Å². The maximum Gasteiger partial charge on any atom is 0.155 e. The Labute approximate surface area is 188 Å². The van der Waals surface area contributed by atoms with Crippen molar-refractivity contribution in [1.29, 1.82) is 0 Å². The number of rotatable bonds is 6. The molecule has 1 aliphatic carbocycles. The minimum absolute atomic E-state index is 0.534. The van der Waals surface area contributed by atoms with Crippen LogP contribution < -0.4 is 9.64 Å². The van der Waals surface area contributed by atoms with Crippen LogP contribution in [0, 0.1) is 0 Å². The quantitative estimate of drug-likeness (QED) is 0.453. The van der Waals surface area contributed by atoms with Crippen molar-refractivity contribution in [3.63, 3.8) is 0 Å². The smallest absolute Gasteiger partial charge is 0.155 e. The molecule has 32 heavy (non-hydrogen) atoms. The van der Waals surface area contributed by atoms with E-state index >= 15 is 0 Å². The summed E-state index contributed by atoms with van der Waals surface area (Å²) in [4.78, 5) is 16.6. The van der Waals surface area contributed by atoms with E-state index in [-0.39, 0.29) is 0 Å². The number of benzene rings is 1. The topological polar surface area (TPSA) is 69.0 Å². The Balaban J connectivity index is 1.47. The van der Waals surface area contributed by atoms with Crippen LogP contribution in [-0.2, 0) is 13.5 Å². The predicted molar refractivity (Wildman–Crippen MR) is 126 cm³/mol. The number of hydrogen-bond donors (Lipinski definition) is 0. The van der Waals surface area contributed by atoms with E-state index < -0.39 is 0 Å². The number of aromatic nitrogens is 5. The first-order valence-corrected chi connectivity index (χ1v) is 11.1. The number of methoxy groups -OCH3 is 1. The van der Waals surface area contributed by atoms with Crippen LogP contribution in [0.5, 0.6) is 5.75 Å². The molecule has 0 saturated heterocycles. The molecule has 0 bridgehead atoms. The van der Waals surface area contributed by atoms with Gasteiger partial charge in [0.25, 0.3) is 0 Å². The second kappa shape index (κ2) is 8.57. The van der Waals surface area contributed by atoms with E-state index in [4.69, 9.17) is 9.72 Å². The molecule has 0 unspecified atom stereocenters. The summed E-state index contributed by atoms with van der Waals surface area (Å²) in [5.74, 6) is 2.53. The van der Waals surface area contributed by atoms with Gasteiger partial charge in [0.05, 0.1) is 13.3 Å². The minimum atomic E-state index is 0.534. The summed E-state index contributed by atoms with van der Waals surface area (Å²) < 4.78 is 7.50. The fraction of sp³-hybridized carbons (Fsp3) is 0.360. The van der Waals surface area contributed by atoms with Gasteiger partial charge < -0.3 is 9.64 Å². The molecule has 5 rings (SSSR count). The summed E-state index contributed by atoms with van der Waals surface area (Å²) in [6, 6.07) is 8.75. The molecule has 3 heterocycles. The van der Waals surface area contributed by atoms with Crippen molar-refractivity contribution in [2.75, 3.05) is 19.1 Å². The normalized spacial score (nSPS) is 14.2. The third kappa shape index (κ3) is 3.90. The van der Waals surface area contributed by atoms with E-state index in [1.54, 1.807) is 11.8 Å². The maximum atomic E-state index is 5.70. The van der Waals surface area contributed by atoms with Crippen molar-refractivity contribution in [1.82, 2.24) is 24.7 Å². The number of aryl methyl sites for hydroxylation is 1. The van der Waals surface area contributed by atoms with Crippen LogP contribution in [0.2, 0.25) is 0 Å². The summed E-state index contributed by atoms with van der Waals surface area (Å²) in [7, 11) is 5.75. The van der Waals surface area contributed by atoms with Gasteiger partial charge in [-0.25, -0.2) is 15.0 Å². The number of anilines is 1. The van der Waals surface area contributed by atoms with Gasteiger partial charge in [-0.2, -0.15) is 5.10 Å². The zero-order valence-electron chi connectivity index (χ0n) is 18.8. The van der Waals surface area contributed by atoms with Crippen LogP contribution in [0.25, 0.3) is 22.0 Å². The lowest BCUT2D eigenvalue weighted by Gasteiger charge is -2.26. The average molecular weight is 429 g/mol. The highest BCUT2D eigenvalue weighted by molar-refractivity contribution is 5.88. The molecule has 1 fully saturated rings. The van der Waals surface area contributed by atoms with Gasteiger partial charge in [0.15, 0.2) is 5.82 Å². The molecule has 1 aliphatic rings. The summed E-state index contributed by atoms with van der Waals surface area (Å²) in [6.07, 6.45) is 13.2.